The summed E-state index contributed by atoms with van der Waals surface area (Å²) < 4.78 is 2.36. The van der Waals surface area contributed by atoms with E-state index in [1.165, 1.54) is 29.3 Å². The zero-order valence-electron chi connectivity index (χ0n) is 12.9. The largest absolute Gasteiger partial charge is 0.347 e. The minimum atomic E-state index is 0.740. The predicted molar refractivity (Wildman–Crippen MR) is 90.0 cm³/mol. The highest BCUT2D eigenvalue weighted by atomic mass is 35.5. The first-order valence-electron chi connectivity index (χ1n) is 7.79. The first kappa shape index (κ1) is 14.9. The average molecular weight is 306 g/mol. The highest BCUT2D eigenvalue weighted by molar-refractivity contribution is 6.31. The Balaban J connectivity index is 1.81. The van der Waals surface area contributed by atoms with Crippen LogP contribution in [-0.4, -0.2) is 36.1 Å². The van der Waals surface area contributed by atoms with Gasteiger partial charge in [-0.15, -0.1) is 0 Å². The topological polar surface area (TPSA) is 20.2 Å². The highest BCUT2D eigenvalue weighted by Gasteiger charge is 2.20. The molecular formula is C17H24ClN3. The van der Waals surface area contributed by atoms with Gasteiger partial charge in [-0.1, -0.05) is 17.7 Å². The van der Waals surface area contributed by atoms with Crippen molar-refractivity contribution in [3.05, 3.63) is 35.0 Å². The van der Waals surface area contributed by atoms with Crippen LogP contribution in [0.2, 0.25) is 5.02 Å². The van der Waals surface area contributed by atoms with Gasteiger partial charge in [0.1, 0.15) is 0 Å². The number of nitrogens with zero attached hydrogens (tertiary/aromatic N) is 2. The van der Waals surface area contributed by atoms with Crippen molar-refractivity contribution in [1.82, 2.24) is 14.8 Å². The van der Waals surface area contributed by atoms with E-state index in [-0.39, 0.29) is 0 Å². The van der Waals surface area contributed by atoms with Crippen molar-refractivity contribution >= 4 is 22.5 Å². The molecule has 0 atom stereocenters. The molecule has 1 aliphatic rings. The molecule has 1 aliphatic carbocycles. The van der Waals surface area contributed by atoms with E-state index in [0.29, 0.717) is 0 Å². The fraction of sp³-hybridized carbons (Fsp3) is 0.529. The van der Waals surface area contributed by atoms with E-state index in [1.807, 2.05) is 6.07 Å². The SMILES string of the molecule is CN(C)CCCn1cc(CNC2CC2)c2ccc(Cl)cc21. The number of aryl methyl sites for hydroxylation is 1. The second-order valence-electron chi connectivity index (χ2n) is 6.32. The molecule has 0 spiro atoms. The fourth-order valence-electron chi connectivity index (χ4n) is 2.77. The molecule has 114 valence electrons. The van der Waals surface area contributed by atoms with Gasteiger partial charge < -0.3 is 14.8 Å². The lowest BCUT2D eigenvalue weighted by molar-refractivity contribution is 0.388. The summed E-state index contributed by atoms with van der Waals surface area (Å²) in [5, 5.41) is 5.76. The first-order valence-corrected chi connectivity index (χ1v) is 8.16. The van der Waals surface area contributed by atoms with Gasteiger partial charge in [0.05, 0.1) is 0 Å². The third-order valence-corrected chi connectivity index (χ3v) is 4.32. The van der Waals surface area contributed by atoms with Crippen LogP contribution in [-0.2, 0) is 13.1 Å². The lowest BCUT2D eigenvalue weighted by Crippen LogP contribution is -2.15. The van der Waals surface area contributed by atoms with Gasteiger partial charge in [-0.05, 0) is 57.6 Å². The normalized spacial score (nSPS) is 15.2. The maximum absolute atomic E-state index is 6.18. The molecule has 4 heteroatoms. The summed E-state index contributed by atoms with van der Waals surface area (Å²) in [4.78, 5) is 2.23. The van der Waals surface area contributed by atoms with Gasteiger partial charge in [-0.25, -0.2) is 0 Å². The highest BCUT2D eigenvalue weighted by Crippen LogP contribution is 2.26. The van der Waals surface area contributed by atoms with Gasteiger partial charge in [-0.2, -0.15) is 0 Å². The summed E-state index contributed by atoms with van der Waals surface area (Å²) in [5.74, 6) is 0. The Hall–Kier alpha value is -1.03. The van der Waals surface area contributed by atoms with Crippen LogP contribution in [0.3, 0.4) is 0 Å². The van der Waals surface area contributed by atoms with E-state index < -0.39 is 0 Å². The average Bonchev–Trinajstić information content (AvgIpc) is 3.20. The van der Waals surface area contributed by atoms with Crippen LogP contribution in [0.4, 0.5) is 0 Å². The Morgan fingerprint density at radius 3 is 2.86 bits per heavy atom. The Labute approximate surface area is 131 Å². The molecule has 3 nitrogen and oxygen atoms in total. The molecule has 0 bridgehead atoms. The van der Waals surface area contributed by atoms with Crippen LogP contribution in [0, 0.1) is 0 Å². The number of hydrogen-bond donors (Lipinski definition) is 1. The van der Waals surface area contributed by atoms with E-state index in [9.17, 15) is 0 Å². The third-order valence-electron chi connectivity index (χ3n) is 4.09. The molecule has 1 saturated carbocycles. The number of aromatic nitrogens is 1. The predicted octanol–water partition coefficient (Wildman–Crippen LogP) is 3.50. The number of fused-ring (bicyclic) bond motifs is 1. The van der Waals surface area contributed by atoms with Gasteiger partial charge in [0.2, 0.25) is 0 Å². The van der Waals surface area contributed by atoms with Gasteiger partial charge in [-0.3, -0.25) is 0 Å². The lowest BCUT2D eigenvalue weighted by Gasteiger charge is -2.10. The Morgan fingerprint density at radius 1 is 1.33 bits per heavy atom. The van der Waals surface area contributed by atoms with Gasteiger partial charge in [0, 0.05) is 41.3 Å². The van der Waals surface area contributed by atoms with Crippen LogP contribution in [0.25, 0.3) is 10.9 Å². The van der Waals surface area contributed by atoms with Crippen LogP contribution in [0.1, 0.15) is 24.8 Å². The molecule has 0 unspecified atom stereocenters. The minimum Gasteiger partial charge on any atom is -0.347 e. The summed E-state index contributed by atoms with van der Waals surface area (Å²) in [7, 11) is 4.24. The van der Waals surface area contributed by atoms with E-state index in [4.69, 9.17) is 11.6 Å². The number of nitrogens with one attached hydrogen (secondary N) is 1. The molecule has 0 aliphatic heterocycles. The molecule has 3 rings (SSSR count). The summed E-state index contributed by atoms with van der Waals surface area (Å²) in [5.41, 5.74) is 2.65. The number of benzene rings is 1. The molecule has 1 fully saturated rings. The Kier molecular flexibility index (Phi) is 4.53. The molecule has 2 aromatic rings. The van der Waals surface area contributed by atoms with Crippen LogP contribution >= 0.6 is 11.6 Å². The summed E-state index contributed by atoms with van der Waals surface area (Å²) in [6.45, 7) is 3.11. The zero-order chi connectivity index (χ0) is 14.8. The maximum atomic E-state index is 6.18. The van der Waals surface area contributed by atoms with Crippen LogP contribution in [0.15, 0.2) is 24.4 Å². The second-order valence-corrected chi connectivity index (χ2v) is 6.76. The van der Waals surface area contributed by atoms with Gasteiger partial charge >= 0.3 is 0 Å². The van der Waals surface area contributed by atoms with E-state index in [0.717, 1.165) is 37.1 Å². The zero-order valence-corrected chi connectivity index (χ0v) is 13.7. The molecule has 1 N–H and O–H groups in total. The fourth-order valence-corrected chi connectivity index (χ4v) is 2.93. The molecule has 21 heavy (non-hydrogen) atoms. The smallest absolute Gasteiger partial charge is 0.0498 e. The molecule has 1 heterocycles. The standard InChI is InChI=1S/C17H24ClN3/c1-20(2)8-3-9-21-12-13(11-19-15-5-6-15)16-7-4-14(18)10-17(16)21/h4,7,10,12,15,19H,3,5-6,8-9,11H2,1-2H3. The molecule has 1 aromatic carbocycles. The summed E-state index contributed by atoms with van der Waals surface area (Å²) in [6.07, 6.45) is 6.10. The van der Waals surface area contributed by atoms with Crippen molar-refractivity contribution in [2.24, 2.45) is 0 Å². The number of hydrogen-bond acceptors (Lipinski definition) is 2. The van der Waals surface area contributed by atoms with Crippen molar-refractivity contribution in [2.45, 2.75) is 38.4 Å². The minimum absolute atomic E-state index is 0.740. The van der Waals surface area contributed by atoms with Gasteiger partial charge in [0.25, 0.3) is 0 Å². The lowest BCUT2D eigenvalue weighted by atomic mass is 10.2. The summed E-state index contributed by atoms with van der Waals surface area (Å²) in [6, 6.07) is 6.98. The molecule has 0 radical (unpaired) electrons. The Morgan fingerprint density at radius 2 is 2.14 bits per heavy atom. The summed E-state index contributed by atoms with van der Waals surface area (Å²) >= 11 is 6.18. The monoisotopic (exact) mass is 305 g/mol. The van der Waals surface area contributed by atoms with Gasteiger partial charge in [0.15, 0.2) is 0 Å². The van der Waals surface area contributed by atoms with Crippen molar-refractivity contribution in [3.8, 4) is 0 Å². The number of halogens is 1. The third kappa shape index (κ3) is 3.79. The van der Waals surface area contributed by atoms with E-state index >= 15 is 0 Å². The van der Waals surface area contributed by atoms with E-state index in [1.54, 1.807) is 0 Å². The quantitative estimate of drug-likeness (QED) is 0.845. The molecule has 0 saturated heterocycles. The van der Waals surface area contributed by atoms with Crippen molar-refractivity contribution in [2.75, 3.05) is 20.6 Å². The van der Waals surface area contributed by atoms with Crippen LogP contribution in [0.5, 0.6) is 0 Å². The number of rotatable bonds is 7. The second kappa shape index (κ2) is 6.39. The van der Waals surface area contributed by atoms with Crippen LogP contribution < -0.4 is 5.32 Å². The first-order chi connectivity index (χ1) is 10.1. The van der Waals surface area contributed by atoms with Crippen molar-refractivity contribution in [3.63, 3.8) is 0 Å². The molecule has 0 amide bonds. The van der Waals surface area contributed by atoms with Crippen molar-refractivity contribution in [1.29, 1.82) is 0 Å². The maximum Gasteiger partial charge on any atom is 0.0498 e. The van der Waals surface area contributed by atoms with Crippen molar-refractivity contribution < 1.29 is 0 Å². The molecule has 1 aromatic heterocycles. The Bertz CT molecular complexity index is 614. The molecular weight excluding hydrogens is 282 g/mol. The van der Waals surface area contributed by atoms with E-state index in [2.05, 4.69) is 47.2 Å².